The van der Waals surface area contributed by atoms with Gasteiger partial charge in [-0.25, -0.2) is 0 Å². The van der Waals surface area contributed by atoms with Crippen molar-refractivity contribution in [3.63, 3.8) is 0 Å². The Morgan fingerprint density at radius 2 is 1.00 bits per heavy atom. The molecule has 2 unspecified atom stereocenters. The third kappa shape index (κ3) is 5.14. The van der Waals surface area contributed by atoms with Crippen LogP contribution in [0.5, 0.6) is 0 Å². The molecule has 0 fully saturated rings. The molecule has 2 aromatic carbocycles. The van der Waals surface area contributed by atoms with Crippen LogP contribution in [0.4, 0.5) is 0 Å². The number of hydrogen-bond acceptors (Lipinski definition) is 2. The summed E-state index contributed by atoms with van der Waals surface area (Å²) < 4.78 is 13.7. The molecular formula is C38H42O2Zr. The van der Waals surface area contributed by atoms with E-state index < -0.39 is 23.2 Å². The maximum atomic E-state index is 6.46. The molecule has 2 aliphatic rings. The van der Waals surface area contributed by atoms with Gasteiger partial charge < -0.3 is 0 Å². The summed E-state index contributed by atoms with van der Waals surface area (Å²) in [6, 6.07) is 22.7. The van der Waals surface area contributed by atoms with Crippen molar-refractivity contribution in [3.8, 4) is 0 Å². The molecule has 2 atom stereocenters. The molecule has 4 aromatic rings. The molecule has 2 aromatic heterocycles. The first-order chi connectivity index (χ1) is 19.5. The average molecular weight is 622 g/mol. The fraction of sp³-hybridized carbons (Fsp3) is 0.368. The molecule has 0 radical (unpaired) electrons. The molecule has 2 aliphatic carbocycles. The number of allylic oxidation sites excluding steroid dienone is 2. The van der Waals surface area contributed by atoms with Gasteiger partial charge in [0, 0.05) is 0 Å². The van der Waals surface area contributed by atoms with Crippen molar-refractivity contribution in [3.05, 3.63) is 117 Å². The summed E-state index contributed by atoms with van der Waals surface area (Å²) in [7, 11) is 0. The van der Waals surface area contributed by atoms with Crippen molar-refractivity contribution in [1.29, 1.82) is 0 Å². The van der Waals surface area contributed by atoms with Gasteiger partial charge in [-0.15, -0.1) is 0 Å². The summed E-state index contributed by atoms with van der Waals surface area (Å²) in [5.41, 5.74) is 11.5. The van der Waals surface area contributed by atoms with Gasteiger partial charge in [0.2, 0.25) is 0 Å². The number of aryl methyl sites for hydroxylation is 2. The Morgan fingerprint density at radius 3 is 1.34 bits per heavy atom. The van der Waals surface area contributed by atoms with Crippen LogP contribution < -0.4 is 0 Å². The zero-order chi connectivity index (χ0) is 29.1. The summed E-state index contributed by atoms with van der Waals surface area (Å²) >= 11 is -1.20. The first-order valence-electron chi connectivity index (χ1n) is 15.1. The molecule has 0 saturated heterocycles. The number of benzene rings is 2. The average Bonchev–Trinajstić information content (AvgIpc) is 3.72. The molecule has 0 spiro atoms. The monoisotopic (exact) mass is 620 g/mol. The van der Waals surface area contributed by atoms with E-state index in [-0.39, 0.29) is 10.8 Å². The van der Waals surface area contributed by atoms with Crippen LogP contribution in [-0.2, 0) is 46.9 Å². The second-order valence-electron chi connectivity index (χ2n) is 13.6. The van der Waals surface area contributed by atoms with Crippen molar-refractivity contribution in [1.82, 2.24) is 0 Å². The predicted octanol–water partition coefficient (Wildman–Crippen LogP) is 10.6. The zero-order valence-corrected chi connectivity index (χ0v) is 28.3. The molecule has 0 N–H and O–H groups in total. The van der Waals surface area contributed by atoms with Crippen molar-refractivity contribution in [2.24, 2.45) is 0 Å². The maximum absolute atomic E-state index is 6.46. The van der Waals surface area contributed by atoms with Crippen LogP contribution in [0.2, 0.25) is 0 Å². The predicted molar refractivity (Wildman–Crippen MR) is 168 cm³/mol. The van der Waals surface area contributed by atoms with Crippen molar-refractivity contribution >= 4 is 23.3 Å². The van der Waals surface area contributed by atoms with Crippen LogP contribution >= 0.6 is 0 Å². The van der Waals surface area contributed by atoms with Gasteiger partial charge in [-0.3, -0.25) is 0 Å². The topological polar surface area (TPSA) is 26.3 Å². The molecule has 0 bridgehead atoms. The van der Waals surface area contributed by atoms with Gasteiger partial charge >= 0.3 is 259 Å². The van der Waals surface area contributed by atoms with Crippen molar-refractivity contribution in [2.75, 3.05) is 0 Å². The Kier molecular flexibility index (Phi) is 7.34. The molecule has 41 heavy (non-hydrogen) atoms. The van der Waals surface area contributed by atoms with Crippen molar-refractivity contribution in [2.45, 2.75) is 86.3 Å². The molecule has 2 heterocycles. The summed E-state index contributed by atoms with van der Waals surface area (Å²) in [6.07, 6.45) is 6.75. The minimum atomic E-state index is -1.20. The molecule has 210 valence electrons. The second kappa shape index (κ2) is 10.6. The Balaban J connectivity index is 1.51. The van der Waals surface area contributed by atoms with Gasteiger partial charge in [0.25, 0.3) is 0 Å². The zero-order valence-electron chi connectivity index (χ0n) is 25.8. The molecular weight excluding hydrogens is 580 g/mol. The summed E-state index contributed by atoms with van der Waals surface area (Å²) in [6.45, 7) is 18.3. The Hall–Kier alpha value is -2.64. The quantitative estimate of drug-likeness (QED) is 0.214. The van der Waals surface area contributed by atoms with Gasteiger partial charge in [0.15, 0.2) is 0 Å². The Labute approximate surface area is 257 Å². The molecule has 2 nitrogen and oxygen atoms in total. The van der Waals surface area contributed by atoms with Gasteiger partial charge in [0.1, 0.15) is 0 Å². The third-order valence-corrected chi connectivity index (χ3v) is 13.4. The van der Waals surface area contributed by atoms with Gasteiger partial charge in [-0.1, -0.05) is 0 Å². The molecule has 0 saturated carbocycles. The Bertz CT molecular complexity index is 1540. The first-order valence-corrected chi connectivity index (χ1v) is 18.0. The van der Waals surface area contributed by atoms with E-state index in [9.17, 15) is 0 Å². The second-order valence-corrected chi connectivity index (χ2v) is 17.2. The van der Waals surface area contributed by atoms with Crippen LogP contribution in [0.3, 0.4) is 0 Å². The summed E-state index contributed by atoms with van der Waals surface area (Å²) in [5, 5.41) is 0. The minimum absolute atomic E-state index is 0.0714. The fourth-order valence-corrected chi connectivity index (χ4v) is 11.4. The summed E-state index contributed by atoms with van der Waals surface area (Å²) in [4.78, 5) is 0. The van der Waals surface area contributed by atoms with Crippen molar-refractivity contribution < 1.29 is 32.1 Å². The van der Waals surface area contributed by atoms with Gasteiger partial charge in [0.05, 0.1) is 0 Å². The van der Waals surface area contributed by atoms with E-state index in [2.05, 4.69) is 128 Å². The standard InChI is InChI=1S/2C19H21O.Zr/c2*1-5-15-9-10-18(20-15)14-11-13-7-6-8-17(16(13)12-14)19(2,3)4;/h2*6-12H,5H2,1-4H3;. The Morgan fingerprint density at radius 1 is 0.585 bits per heavy atom. The van der Waals surface area contributed by atoms with Gasteiger partial charge in [-0.05, 0) is 0 Å². The molecule has 0 aliphatic heterocycles. The van der Waals surface area contributed by atoms with Crippen LogP contribution in [0, 0.1) is 0 Å². The van der Waals surface area contributed by atoms with E-state index in [4.69, 9.17) is 8.83 Å². The van der Waals surface area contributed by atoms with E-state index >= 15 is 0 Å². The van der Waals surface area contributed by atoms with E-state index in [1.807, 2.05) is 0 Å². The fourth-order valence-electron chi connectivity index (χ4n) is 6.51. The van der Waals surface area contributed by atoms with Crippen LogP contribution in [0.1, 0.15) is 119 Å². The first kappa shape index (κ1) is 28.5. The number of furan rings is 2. The number of fused-ring (bicyclic) bond motifs is 2. The normalized spacial score (nSPS) is 18.2. The van der Waals surface area contributed by atoms with E-state index in [1.54, 1.807) is 0 Å². The van der Waals surface area contributed by atoms with Gasteiger partial charge in [-0.2, -0.15) is 0 Å². The number of rotatable bonds is 6. The van der Waals surface area contributed by atoms with Crippen LogP contribution in [0.25, 0.3) is 23.3 Å². The molecule has 0 amide bonds. The van der Waals surface area contributed by atoms with Crippen LogP contribution in [0.15, 0.2) is 69.5 Å². The third-order valence-electron chi connectivity index (χ3n) is 8.66. The molecule has 6 rings (SSSR count). The SMILES string of the molecule is CCc1ccc(C2=Cc3c(cccc3C(C)(C)C)[CH]2[Zr][CH]2C(c3ccc(CC)o3)=Cc3c2cccc3C(C)(C)C)o1. The van der Waals surface area contributed by atoms with E-state index in [0.29, 0.717) is 7.25 Å². The summed E-state index contributed by atoms with van der Waals surface area (Å²) in [5.74, 6) is 4.20. The number of hydrogen-bond donors (Lipinski definition) is 0. The van der Waals surface area contributed by atoms with E-state index in [0.717, 1.165) is 35.9 Å². The van der Waals surface area contributed by atoms with Crippen LogP contribution in [-0.4, -0.2) is 0 Å². The molecule has 3 heteroatoms. The van der Waals surface area contributed by atoms with E-state index in [1.165, 1.54) is 44.5 Å².